The van der Waals surface area contributed by atoms with Crippen molar-refractivity contribution in [3.05, 3.63) is 48.3 Å². The first-order valence-electron chi connectivity index (χ1n) is 9.79. The van der Waals surface area contributed by atoms with E-state index in [2.05, 4.69) is 20.4 Å². The van der Waals surface area contributed by atoms with Crippen LogP contribution in [0.3, 0.4) is 0 Å². The van der Waals surface area contributed by atoms with Crippen LogP contribution in [0.5, 0.6) is 0 Å². The Kier molecular flexibility index (Phi) is 5.44. The Hall–Kier alpha value is -2.98. The number of hydrogen-bond acceptors (Lipinski definition) is 7. The highest BCUT2D eigenvalue weighted by Crippen LogP contribution is 2.25. The number of benzene rings is 1. The molecule has 0 spiro atoms. The molecule has 3 N–H and O–H groups in total. The molecule has 1 aliphatic rings. The van der Waals surface area contributed by atoms with E-state index in [9.17, 15) is 8.42 Å². The summed E-state index contributed by atoms with van der Waals surface area (Å²) in [7, 11) is -1.69. The molecule has 3 aromatic rings. The maximum atomic E-state index is 12.9. The number of anilines is 2. The number of aryl methyl sites for hydroxylation is 2. The van der Waals surface area contributed by atoms with Crippen molar-refractivity contribution in [2.75, 3.05) is 24.1 Å². The van der Waals surface area contributed by atoms with E-state index in [1.54, 1.807) is 46.6 Å². The summed E-state index contributed by atoms with van der Waals surface area (Å²) < 4.78 is 28.9. The number of nitrogen functional groups attached to an aromatic ring is 1. The van der Waals surface area contributed by atoms with Gasteiger partial charge in [-0.25, -0.2) is 18.4 Å². The van der Waals surface area contributed by atoms with E-state index in [4.69, 9.17) is 5.73 Å². The summed E-state index contributed by atoms with van der Waals surface area (Å²) in [5.41, 5.74) is 8.52. The highest BCUT2D eigenvalue weighted by atomic mass is 32.2. The molecule has 1 fully saturated rings. The molecule has 0 unspecified atom stereocenters. The lowest BCUT2D eigenvalue weighted by Gasteiger charge is -2.31. The first-order valence-corrected chi connectivity index (χ1v) is 11.2. The summed E-state index contributed by atoms with van der Waals surface area (Å²) in [6.07, 6.45) is 4.70. The van der Waals surface area contributed by atoms with Crippen molar-refractivity contribution in [1.82, 2.24) is 24.1 Å². The molecule has 1 aliphatic heterocycles. The topological polar surface area (TPSA) is 119 Å². The largest absolute Gasteiger partial charge is 0.383 e. The summed E-state index contributed by atoms with van der Waals surface area (Å²) in [6, 6.07) is 8.85. The number of piperidine rings is 1. The molecular formula is C20H25N7O2S. The molecule has 3 heterocycles. The van der Waals surface area contributed by atoms with Gasteiger partial charge in [-0.2, -0.15) is 9.40 Å². The predicted molar refractivity (Wildman–Crippen MR) is 115 cm³/mol. The van der Waals surface area contributed by atoms with E-state index in [0.29, 0.717) is 48.3 Å². The number of rotatable bonds is 5. The molecule has 0 aliphatic carbocycles. The molecule has 30 heavy (non-hydrogen) atoms. The Labute approximate surface area is 176 Å². The van der Waals surface area contributed by atoms with Crippen LogP contribution in [-0.2, 0) is 17.1 Å². The molecule has 4 rings (SSSR count). The Morgan fingerprint density at radius 1 is 1.13 bits per heavy atom. The van der Waals surface area contributed by atoms with Crippen LogP contribution in [0.15, 0.2) is 47.6 Å². The van der Waals surface area contributed by atoms with Gasteiger partial charge in [0, 0.05) is 32.4 Å². The molecule has 10 heteroatoms. The first kappa shape index (κ1) is 20.3. The average molecular weight is 428 g/mol. The number of sulfonamides is 1. The number of nitrogens with one attached hydrogen (secondary N) is 1. The summed E-state index contributed by atoms with van der Waals surface area (Å²) in [4.78, 5) is 9.18. The molecule has 0 radical (unpaired) electrons. The molecule has 2 aromatic heterocycles. The lowest BCUT2D eigenvalue weighted by Crippen LogP contribution is -2.42. The van der Waals surface area contributed by atoms with Crippen molar-refractivity contribution >= 4 is 21.8 Å². The van der Waals surface area contributed by atoms with Crippen LogP contribution in [0.25, 0.3) is 11.3 Å². The van der Waals surface area contributed by atoms with Gasteiger partial charge in [0.05, 0.1) is 22.3 Å². The molecule has 0 amide bonds. The Balaban J connectivity index is 1.41. The molecule has 9 nitrogen and oxygen atoms in total. The average Bonchev–Trinajstić information content (AvgIpc) is 3.07. The van der Waals surface area contributed by atoms with Crippen LogP contribution >= 0.6 is 0 Å². The van der Waals surface area contributed by atoms with E-state index < -0.39 is 10.0 Å². The fourth-order valence-electron chi connectivity index (χ4n) is 3.50. The van der Waals surface area contributed by atoms with Gasteiger partial charge in [0.2, 0.25) is 16.0 Å². The van der Waals surface area contributed by atoms with Crippen LogP contribution in [0.4, 0.5) is 11.8 Å². The Morgan fingerprint density at radius 3 is 2.47 bits per heavy atom. The van der Waals surface area contributed by atoms with Crippen molar-refractivity contribution in [1.29, 1.82) is 0 Å². The van der Waals surface area contributed by atoms with E-state index in [-0.39, 0.29) is 6.04 Å². The molecule has 0 atom stereocenters. The molecule has 0 saturated carbocycles. The van der Waals surface area contributed by atoms with Gasteiger partial charge in [-0.15, -0.1) is 0 Å². The van der Waals surface area contributed by atoms with Crippen LogP contribution in [-0.4, -0.2) is 51.6 Å². The normalized spacial score (nSPS) is 15.9. The smallest absolute Gasteiger partial charge is 0.243 e. The standard InChI is InChI=1S/C20H25N7O2S/c1-14-3-5-16(6-4-14)30(28,29)27-11-8-15(9-12-27)24-20-22-10-7-18(25-20)17-13-23-26(2)19(17)21/h3-7,10,13,15H,8-9,11-12,21H2,1-2H3,(H,22,24,25). The number of aromatic nitrogens is 4. The third-order valence-electron chi connectivity index (χ3n) is 5.36. The zero-order chi connectivity index (χ0) is 21.3. The lowest BCUT2D eigenvalue weighted by molar-refractivity contribution is 0.329. The van der Waals surface area contributed by atoms with Crippen LogP contribution in [0, 0.1) is 6.92 Å². The predicted octanol–water partition coefficient (Wildman–Crippen LogP) is 2.03. The Morgan fingerprint density at radius 2 is 1.83 bits per heavy atom. The van der Waals surface area contributed by atoms with Crippen molar-refractivity contribution in [2.45, 2.75) is 30.7 Å². The van der Waals surface area contributed by atoms with Gasteiger partial charge in [-0.1, -0.05) is 17.7 Å². The monoisotopic (exact) mass is 427 g/mol. The van der Waals surface area contributed by atoms with Crippen molar-refractivity contribution in [3.8, 4) is 11.3 Å². The zero-order valence-corrected chi connectivity index (χ0v) is 17.8. The van der Waals surface area contributed by atoms with E-state index in [0.717, 1.165) is 11.1 Å². The first-order chi connectivity index (χ1) is 14.3. The highest BCUT2D eigenvalue weighted by molar-refractivity contribution is 7.89. The van der Waals surface area contributed by atoms with E-state index >= 15 is 0 Å². The fraction of sp³-hybridized carbons (Fsp3) is 0.350. The van der Waals surface area contributed by atoms with Crippen LogP contribution in [0.1, 0.15) is 18.4 Å². The van der Waals surface area contributed by atoms with Crippen molar-refractivity contribution < 1.29 is 8.42 Å². The summed E-state index contributed by atoms with van der Waals surface area (Å²) >= 11 is 0. The third-order valence-corrected chi connectivity index (χ3v) is 7.27. The van der Waals surface area contributed by atoms with Crippen molar-refractivity contribution in [2.24, 2.45) is 7.05 Å². The van der Waals surface area contributed by atoms with E-state index in [1.807, 2.05) is 19.1 Å². The number of nitrogens with zero attached hydrogens (tertiary/aromatic N) is 5. The van der Waals surface area contributed by atoms with Crippen molar-refractivity contribution in [3.63, 3.8) is 0 Å². The van der Waals surface area contributed by atoms with Gasteiger partial charge in [0.15, 0.2) is 0 Å². The third kappa shape index (κ3) is 4.01. The minimum absolute atomic E-state index is 0.0935. The van der Waals surface area contributed by atoms with Gasteiger partial charge in [0.25, 0.3) is 0 Å². The second-order valence-corrected chi connectivity index (χ2v) is 9.41. The van der Waals surface area contributed by atoms with Gasteiger partial charge in [0.1, 0.15) is 5.82 Å². The quantitative estimate of drug-likeness (QED) is 0.639. The molecule has 1 saturated heterocycles. The minimum Gasteiger partial charge on any atom is -0.383 e. The summed E-state index contributed by atoms with van der Waals surface area (Å²) in [6.45, 7) is 2.83. The lowest BCUT2D eigenvalue weighted by atomic mass is 10.1. The zero-order valence-electron chi connectivity index (χ0n) is 17.0. The highest BCUT2D eigenvalue weighted by Gasteiger charge is 2.29. The van der Waals surface area contributed by atoms with Crippen LogP contribution in [0.2, 0.25) is 0 Å². The fourth-order valence-corrected chi connectivity index (χ4v) is 4.97. The van der Waals surface area contributed by atoms with Crippen LogP contribution < -0.4 is 11.1 Å². The molecular weight excluding hydrogens is 402 g/mol. The van der Waals surface area contributed by atoms with Gasteiger partial charge in [-0.3, -0.25) is 4.68 Å². The Bertz CT molecular complexity index is 1130. The maximum Gasteiger partial charge on any atom is 0.243 e. The summed E-state index contributed by atoms with van der Waals surface area (Å²) in [5, 5.41) is 7.47. The summed E-state index contributed by atoms with van der Waals surface area (Å²) in [5.74, 6) is 1.03. The molecule has 1 aromatic carbocycles. The maximum absolute atomic E-state index is 12.9. The number of hydrogen-bond donors (Lipinski definition) is 2. The number of nitrogens with two attached hydrogens (primary N) is 1. The molecule has 158 valence electrons. The SMILES string of the molecule is Cc1ccc(S(=O)(=O)N2CCC(Nc3nccc(-c4cnn(C)c4N)n3)CC2)cc1. The van der Waals surface area contributed by atoms with E-state index in [1.165, 1.54) is 0 Å². The molecule has 0 bridgehead atoms. The second kappa shape index (κ2) is 8.04. The van der Waals surface area contributed by atoms with Gasteiger partial charge in [-0.05, 0) is 38.0 Å². The van der Waals surface area contributed by atoms with Gasteiger partial charge < -0.3 is 11.1 Å². The second-order valence-electron chi connectivity index (χ2n) is 7.47. The minimum atomic E-state index is -3.47. The van der Waals surface area contributed by atoms with Gasteiger partial charge >= 0.3 is 0 Å².